The summed E-state index contributed by atoms with van der Waals surface area (Å²) < 4.78 is 33.2. The van der Waals surface area contributed by atoms with E-state index >= 15 is 0 Å². The lowest BCUT2D eigenvalue weighted by Gasteiger charge is -2.23. The molecule has 0 aromatic heterocycles. The maximum atomic E-state index is 13.2. The first-order valence-electron chi connectivity index (χ1n) is 9.00. The number of carbonyl (C=O) groups is 1. The Bertz CT molecular complexity index is 913. The van der Waals surface area contributed by atoms with E-state index in [1.54, 1.807) is 17.0 Å². The molecule has 1 aliphatic heterocycles. The van der Waals surface area contributed by atoms with E-state index in [9.17, 15) is 13.2 Å². The third kappa shape index (κ3) is 3.99. The molecule has 0 radical (unpaired) electrons. The van der Waals surface area contributed by atoms with Crippen LogP contribution >= 0.6 is 0 Å². The first-order chi connectivity index (χ1) is 13.0. The van der Waals surface area contributed by atoms with E-state index in [1.807, 2.05) is 37.3 Å². The zero-order valence-electron chi connectivity index (χ0n) is 15.6. The molecule has 0 atom stereocenters. The van der Waals surface area contributed by atoms with Gasteiger partial charge in [-0.1, -0.05) is 37.3 Å². The van der Waals surface area contributed by atoms with Gasteiger partial charge < -0.3 is 9.64 Å². The lowest BCUT2D eigenvalue weighted by Crippen LogP contribution is -2.31. The van der Waals surface area contributed by atoms with E-state index in [2.05, 4.69) is 0 Å². The molecule has 7 heteroatoms. The highest BCUT2D eigenvalue weighted by molar-refractivity contribution is 7.89. The van der Waals surface area contributed by atoms with Gasteiger partial charge in [-0.3, -0.25) is 4.79 Å². The van der Waals surface area contributed by atoms with Crippen molar-refractivity contribution in [2.24, 2.45) is 0 Å². The van der Waals surface area contributed by atoms with Crippen molar-refractivity contribution in [1.29, 1.82) is 0 Å². The Labute approximate surface area is 160 Å². The van der Waals surface area contributed by atoms with E-state index in [0.717, 1.165) is 12.0 Å². The topological polar surface area (TPSA) is 66.9 Å². The van der Waals surface area contributed by atoms with Crippen LogP contribution in [0.15, 0.2) is 53.4 Å². The molecule has 0 N–H and O–H groups in total. The van der Waals surface area contributed by atoms with Gasteiger partial charge in [0.2, 0.25) is 15.9 Å². The molecular weight excluding hydrogens is 364 g/mol. The number of rotatable bonds is 7. The van der Waals surface area contributed by atoms with Crippen molar-refractivity contribution in [1.82, 2.24) is 4.31 Å². The summed E-state index contributed by atoms with van der Waals surface area (Å²) in [5.74, 6) is 0.481. The molecule has 0 aliphatic carbocycles. The van der Waals surface area contributed by atoms with Crippen molar-refractivity contribution in [3.05, 3.63) is 54.1 Å². The number of hydrogen-bond donors (Lipinski definition) is 0. The molecule has 1 heterocycles. The van der Waals surface area contributed by atoms with Crippen LogP contribution in [0.4, 0.5) is 5.69 Å². The number of nitrogens with zero attached hydrogens (tertiary/aromatic N) is 2. The number of carbonyl (C=O) groups excluding carboxylic acids is 1. The second kappa shape index (κ2) is 8.10. The summed E-state index contributed by atoms with van der Waals surface area (Å²) in [6.07, 6.45) is 1.23. The van der Waals surface area contributed by atoms with E-state index in [1.165, 1.54) is 17.5 Å². The second-order valence-corrected chi connectivity index (χ2v) is 8.34. The standard InChI is InChI=1S/C20H24N2O4S/c1-3-21(15-16-8-5-4-6-9-16)27(24,25)17-11-12-19(26-2)18(14-17)22-13-7-10-20(22)23/h4-6,8-9,11-12,14H,3,7,10,13,15H2,1-2H3. The lowest BCUT2D eigenvalue weighted by molar-refractivity contribution is -0.117. The Morgan fingerprint density at radius 2 is 1.89 bits per heavy atom. The summed E-state index contributed by atoms with van der Waals surface area (Å²) in [7, 11) is -2.19. The Morgan fingerprint density at radius 1 is 1.15 bits per heavy atom. The molecule has 27 heavy (non-hydrogen) atoms. The molecule has 2 aromatic carbocycles. The van der Waals surface area contributed by atoms with Gasteiger partial charge in [0, 0.05) is 26.1 Å². The minimum atomic E-state index is -3.70. The van der Waals surface area contributed by atoms with E-state index < -0.39 is 10.0 Å². The molecule has 2 aromatic rings. The summed E-state index contributed by atoms with van der Waals surface area (Å²) in [5.41, 5.74) is 1.43. The van der Waals surface area contributed by atoms with Gasteiger partial charge in [-0.05, 0) is 30.2 Å². The van der Waals surface area contributed by atoms with Gasteiger partial charge in [0.25, 0.3) is 0 Å². The number of amides is 1. The Balaban J connectivity index is 1.96. The Kier molecular flexibility index (Phi) is 5.82. The monoisotopic (exact) mass is 388 g/mol. The Morgan fingerprint density at radius 3 is 2.48 bits per heavy atom. The summed E-state index contributed by atoms with van der Waals surface area (Å²) >= 11 is 0. The molecule has 1 saturated heterocycles. The fraction of sp³-hybridized carbons (Fsp3) is 0.350. The zero-order chi connectivity index (χ0) is 19.4. The first kappa shape index (κ1) is 19.4. The molecule has 3 rings (SSSR count). The normalized spacial score (nSPS) is 14.8. The highest BCUT2D eigenvalue weighted by Gasteiger charge is 2.28. The molecule has 0 saturated carbocycles. The smallest absolute Gasteiger partial charge is 0.243 e. The minimum absolute atomic E-state index is 0.0144. The van der Waals surface area contributed by atoms with E-state index in [4.69, 9.17) is 4.74 Å². The van der Waals surface area contributed by atoms with Crippen LogP contribution in [-0.2, 0) is 21.4 Å². The summed E-state index contributed by atoms with van der Waals surface area (Å²) in [6, 6.07) is 14.2. The lowest BCUT2D eigenvalue weighted by atomic mass is 10.2. The third-order valence-corrected chi connectivity index (χ3v) is 6.62. The number of benzene rings is 2. The highest BCUT2D eigenvalue weighted by atomic mass is 32.2. The fourth-order valence-electron chi connectivity index (χ4n) is 3.25. The quantitative estimate of drug-likeness (QED) is 0.731. The zero-order valence-corrected chi connectivity index (χ0v) is 16.4. The summed E-state index contributed by atoms with van der Waals surface area (Å²) in [6.45, 7) is 3.03. The predicted molar refractivity (Wildman–Crippen MR) is 104 cm³/mol. The molecule has 1 aliphatic rings. The van der Waals surface area contributed by atoms with Crippen molar-refractivity contribution in [2.75, 3.05) is 25.1 Å². The molecule has 1 amide bonds. The number of sulfonamides is 1. The maximum Gasteiger partial charge on any atom is 0.243 e. The molecular formula is C20H24N2O4S. The maximum absolute atomic E-state index is 13.2. The molecule has 144 valence electrons. The SMILES string of the molecule is CCN(Cc1ccccc1)S(=O)(=O)c1ccc(OC)c(N2CCCC2=O)c1. The van der Waals surface area contributed by atoms with Crippen LogP contribution in [-0.4, -0.2) is 38.8 Å². The average molecular weight is 388 g/mol. The molecule has 0 spiro atoms. The van der Waals surface area contributed by atoms with Crippen LogP contribution in [0.1, 0.15) is 25.3 Å². The average Bonchev–Trinajstić information content (AvgIpc) is 3.12. The molecule has 0 unspecified atom stereocenters. The van der Waals surface area contributed by atoms with Gasteiger partial charge in [0.05, 0.1) is 17.7 Å². The van der Waals surface area contributed by atoms with Gasteiger partial charge in [0.15, 0.2) is 0 Å². The van der Waals surface area contributed by atoms with Crippen LogP contribution in [0.2, 0.25) is 0 Å². The second-order valence-electron chi connectivity index (χ2n) is 6.40. The molecule has 6 nitrogen and oxygen atoms in total. The third-order valence-electron chi connectivity index (χ3n) is 4.71. The van der Waals surface area contributed by atoms with Crippen molar-refractivity contribution < 1.29 is 17.9 Å². The fourth-order valence-corrected chi connectivity index (χ4v) is 4.70. The van der Waals surface area contributed by atoms with Gasteiger partial charge in [-0.25, -0.2) is 8.42 Å². The number of ether oxygens (including phenoxy) is 1. The largest absolute Gasteiger partial charge is 0.495 e. The van der Waals surface area contributed by atoms with Gasteiger partial charge in [0.1, 0.15) is 5.75 Å². The van der Waals surface area contributed by atoms with Gasteiger partial charge in [-0.15, -0.1) is 0 Å². The number of anilines is 1. The van der Waals surface area contributed by atoms with Crippen LogP contribution in [0, 0.1) is 0 Å². The van der Waals surface area contributed by atoms with Gasteiger partial charge in [-0.2, -0.15) is 4.31 Å². The van der Waals surface area contributed by atoms with E-state index in [-0.39, 0.29) is 10.8 Å². The highest BCUT2D eigenvalue weighted by Crippen LogP contribution is 2.34. The van der Waals surface area contributed by atoms with Crippen LogP contribution < -0.4 is 9.64 Å². The van der Waals surface area contributed by atoms with Crippen LogP contribution in [0.25, 0.3) is 0 Å². The van der Waals surface area contributed by atoms with Crippen LogP contribution in [0.3, 0.4) is 0 Å². The van der Waals surface area contributed by atoms with Gasteiger partial charge >= 0.3 is 0 Å². The first-order valence-corrected chi connectivity index (χ1v) is 10.4. The number of methoxy groups -OCH3 is 1. The van der Waals surface area contributed by atoms with Crippen molar-refractivity contribution in [2.45, 2.75) is 31.2 Å². The minimum Gasteiger partial charge on any atom is -0.495 e. The molecule has 1 fully saturated rings. The summed E-state index contributed by atoms with van der Waals surface area (Å²) in [5, 5.41) is 0. The van der Waals surface area contributed by atoms with Crippen molar-refractivity contribution >= 4 is 21.6 Å². The summed E-state index contributed by atoms with van der Waals surface area (Å²) in [4.78, 5) is 13.9. The predicted octanol–water partition coefficient (Wildman–Crippen LogP) is 3.03. The van der Waals surface area contributed by atoms with E-state index in [0.29, 0.717) is 37.5 Å². The Hall–Kier alpha value is -2.38. The van der Waals surface area contributed by atoms with Crippen molar-refractivity contribution in [3.8, 4) is 5.75 Å². The van der Waals surface area contributed by atoms with Crippen molar-refractivity contribution in [3.63, 3.8) is 0 Å². The number of hydrogen-bond acceptors (Lipinski definition) is 4. The van der Waals surface area contributed by atoms with Crippen LogP contribution in [0.5, 0.6) is 5.75 Å². The molecule has 0 bridgehead atoms.